The summed E-state index contributed by atoms with van der Waals surface area (Å²) >= 11 is 11.6. The van der Waals surface area contributed by atoms with Crippen LogP contribution in [0.2, 0.25) is 10.0 Å². The molecule has 0 aromatic heterocycles. The minimum Gasteiger partial charge on any atom is -0.294 e. The molecular formula is C9H5Cl2NO. The molecule has 0 spiro atoms. The third-order valence-electron chi connectivity index (χ3n) is 1.82. The van der Waals surface area contributed by atoms with E-state index < -0.39 is 0 Å². The largest absolute Gasteiger partial charge is 0.294 e. The fraction of sp³-hybridized carbons (Fsp3) is 0.111. The SMILES string of the molecule is O=C1CC=Nc2cc(Cl)cc(Cl)c21. The molecule has 0 unspecified atom stereocenters. The summed E-state index contributed by atoms with van der Waals surface area (Å²) in [5.41, 5.74) is 1.04. The summed E-state index contributed by atoms with van der Waals surface area (Å²) in [5, 5.41) is 0.875. The molecule has 0 atom stereocenters. The van der Waals surface area contributed by atoms with E-state index in [4.69, 9.17) is 23.2 Å². The van der Waals surface area contributed by atoms with E-state index in [1.54, 1.807) is 18.3 Å². The fourth-order valence-corrected chi connectivity index (χ4v) is 1.85. The van der Waals surface area contributed by atoms with E-state index in [1.165, 1.54) is 0 Å². The molecule has 0 amide bonds. The van der Waals surface area contributed by atoms with E-state index in [0.29, 0.717) is 27.7 Å². The van der Waals surface area contributed by atoms with Crippen LogP contribution in [0.5, 0.6) is 0 Å². The number of carbonyl (C=O) groups is 1. The first-order chi connectivity index (χ1) is 6.18. The quantitative estimate of drug-likeness (QED) is 0.651. The second-order valence-corrected chi connectivity index (χ2v) is 3.56. The Morgan fingerprint density at radius 2 is 2.08 bits per heavy atom. The number of hydrogen-bond acceptors (Lipinski definition) is 2. The molecule has 0 radical (unpaired) electrons. The number of aliphatic imine (C=N–C) groups is 1. The van der Waals surface area contributed by atoms with Crippen LogP contribution in [0.1, 0.15) is 16.8 Å². The highest BCUT2D eigenvalue weighted by Crippen LogP contribution is 2.33. The van der Waals surface area contributed by atoms with Gasteiger partial charge in [-0.05, 0) is 12.1 Å². The molecule has 1 aromatic carbocycles. The Balaban J connectivity index is 2.71. The molecule has 1 aliphatic rings. The van der Waals surface area contributed by atoms with E-state index >= 15 is 0 Å². The normalized spacial score (nSPS) is 14.5. The number of benzene rings is 1. The van der Waals surface area contributed by atoms with Crippen molar-refractivity contribution < 1.29 is 4.79 Å². The summed E-state index contributed by atoms with van der Waals surface area (Å²) in [5.74, 6) is -0.00772. The number of fused-ring (bicyclic) bond motifs is 1. The predicted octanol–water partition coefficient (Wildman–Crippen LogP) is 3.28. The first kappa shape index (κ1) is 8.73. The standard InChI is InChI=1S/C9H5Cl2NO/c10-5-3-6(11)9-7(4-5)12-2-1-8(9)13/h2-4H,1H2. The second kappa shape index (κ2) is 3.13. The van der Waals surface area contributed by atoms with E-state index in [9.17, 15) is 4.79 Å². The van der Waals surface area contributed by atoms with Crippen molar-refractivity contribution >= 4 is 40.9 Å². The van der Waals surface area contributed by atoms with Crippen molar-refractivity contribution in [2.24, 2.45) is 4.99 Å². The molecule has 66 valence electrons. The van der Waals surface area contributed by atoms with Crippen LogP contribution in [-0.4, -0.2) is 12.0 Å². The maximum Gasteiger partial charge on any atom is 0.171 e. The summed E-state index contributed by atoms with van der Waals surface area (Å²) < 4.78 is 0. The van der Waals surface area contributed by atoms with Gasteiger partial charge < -0.3 is 0 Å². The molecule has 2 nitrogen and oxygen atoms in total. The van der Waals surface area contributed by atoms with Crippen molar-refractivity contribution in [2.45, 2.75) is 6.42 Å². The number of nitrogens with zero attached hydrogens (tertiary/aromatic N) is 1. The average Bonchev–Trinajstić information content (AvgIpc) is 2.02. The molecule has 2 rings (SSSR count). The molecule has 4 heteroatoms. The topological polar surface area (TPSA) is 29.4 Å². The molecule has 0 fully saturated rings. The lowest BCUT2D eigenvalue weighted by Gasteiger charge is -2.10. The van der Waals surface area contributed by atoms with Crippen molar-refractivity contribution in [1.29, 1.82) is 0 Å². The zero-order valence-electron chi connectivity index (χ0n) is 6.55. The van der Waals surface area contributed by atoms with Gasteiger partial charge in [-0.25, -0.2) is 0 Å². The van der Waals surface area contributed by atoms with Gasteiger partial charge in [-0.15, -0.1) is 0 Å². The number of Topliss-reactive ketones (excluding diaryl/α,β-unsaturated/α-hetero) is 1. The van der Waals surface area contributed by atoms with Gasteiger partial charge in [-0.2, -0.15) is 0 Å². The lowest BCUT2D eigenvalue weighted by molar-refractivity contribution is 0.100. The lowest BCUT2D eigenvalue weighted by Crippen LogP contribution is -2.05. The molecular weight excluding hydrogens is 209 g/mol. The summed E-state index contributed by atoms with van der Waals surface area (Å²) in [7, 11) is 0. The predicted molar refractivity (Wildman–Crippen MR) is 53.6 cm³/mol. The van der Waals surface area contributed by atoms with Gasteiger partial charge in [0.1, 0.15) is 0 Å². The summed E-state index contributed by atoms with van der Waals surface area (Å²) in [6, 6.07) is 3.19. The number of carbonyl (C=O) groups excluding carboxylic acids is 1. The molecule has 0 bridgehead atoms. The van der Waals surface area contributed by atoms with Crippen molar-refractivity contribution in [1.82, 2.24) is 0 Å². The number of ketones is 1. The maximum absolute atomic E-state index is 11.4. The zero-order valence-corrected chi connectivity index (χ0v) is 8.06. The number of rotatable bonds is 0. The Kier molecular flexibility index (Phi) is 2.10. The van der Waals surface area contributed by atoms with Crippen LogP contribution in [0.4, 0.5) is 5.69 Å². The van der Waals surface area contributed by atoms with Crippen molar-refractivity contribution in [2.75, 3.05) is 0 Å². The second-order valence-electron chi connectivity index (χ2n) is 2.72. The van der Waals surface area contributed by atoms with Crippen molar-refractivity contribution in [3.05, 3.63) is 27.7 Å². The summed E-state index contributed by atoms with van der Waals surface area (Å²) in [6.45, 7) is 0. The summed E-state index contributed by atoms with van der Waals surface area (Å²) in [6.07, 6.45) is 1.88. The molecule has 0 saturated heterocycles. The zero-order chi connectivity index (χ0) is 9.42. The Hall–Kier alpha value is -0.860. The highest BCUT2D eigenvalue weighted by atomic mass is 35.5. The highest BCUT2D eigenvalue weighted by molar-refractivity contribution is 6.38. The lowest BCUT2D eigenvalue weighted by atomic mass is 10.0. The molecule has 1 aliphatic heterocycles. The Labute approximate surface area is 85.2 Å². The molecule has 1 heterocycles. The van der Waals surface area contributed by atoms with E-state index in [1.807, 2.05) is 0 Å². The number of hydrogen-bond donors (Lipinski definition) is 0. The van der Waals surface area contributed by atoms with Crippen LogP contribution in [0.15, 0.2) is 17.1 Å². The summed E-state index contributed by atoms with van der Waals surface area (Å²) in [4.78, 5) is 15.4. The minimum absolute atomic E-state index is 0.00772. The van der Waals surface area contributed by atoms with Gasteiger partial charge in [0.25, 0.3) is 0 Å². The molecule has 0 N–H and O–H groups in total. The Morgan fingerprint density at radius 3 is 2.85 bits per heavy atom. The van der Waals surface area contributed by atoms with Crippen molar-refractivity contribution in [3.63, 3.8) is 0 Å². The van der Waals surface area contributed by atoms with Crippen LogP contribution in [-0.2, 0) is 0 Å². The first-order valence-corrected chi connectivity index (χ1v) is 4.49. The smallest absolute Gasteiger partial charge is 0.171 e. The average molecular weight is 214 g/mol. The fourth-order valence-electron chi connectivity index (χ4n) is 1.27. The molecule has 13 heavy (non-hydrogen) atoms. The van der Waals surface area contributed by atoms with Gasteiger partial charge in [-0.1, -0.05) is 23.2 Å². The molecule has 1 aromatic rings. The minimum atomic E-state index is -0.00772. The Bertz CT molecular complexity index is 412. The van der Waals surface area contributed by atoms with Crippen LogP contribution < -0.4 is 0 Å². The Morgan fingerprint density at radius 1 is 1.31 bits per heavy atom. The van der Waals surface area contributed by atoms with Gasteiger partial charge in [0.15, 0.2) is 5.78 Å². The van der Waals surface area contributed by atoms with Crippen LogP contribution in [0.25, 0.3) is 0 Å². The maximum atomic E-state index is 11.4. The van der Waals surface area contributed by atoms with Gasteiger partial charge in [0.2, 0.25) is 0 Å². The molecule has 0 saturated carbocycles. The van der Waals surface area contributed by atoms with Gasteiger partial charge in [0, 0.05) is 17.7 Å². The van der Waals surface area contributed by atoms with E-state index in [2.05, 4.69) is 4.99 Å². The monoisotopic (exact) mass is 213 g/mol. The van der Waals surface area contributed by atoms with Gasteiger partial charge >= 0.3 is 0 Å². The third kappa shape index (κ3) is 1.47. The third-order valence-corrected chi connectivity index (χ3v) is 2.34. The van der Waals surface area contributed by atoms with Crippen LogP contribution >= 0.6 is 23.2 Å². The van der Waals surface area contributed by atoms with Crippen molar-refractivity contribution in [3.8, 4) is 0 Å². The van der Waals surface area contributed by atoms with Gasteiger partial charge in [0.05, 0.1) is 16.3 Å². The van der Waals surface area contributed by atoms with Gasteiger partial charge in [-0.3, -0.25) is 9.79 Å². The molecule has 0 aliphatic carbocycles. The van der Waals surface area contributed by atoms with Crippen LogP contribution in [0, 0.1) is 0 Å². The number of halogens is 2. The first-order valence-electron chi connectivity index (χ1n) is 3.73. The van der Waals surface area contributed by atoms with Crippen LogP contribution in [0.3, 0.4) is 0 Å². The van der Waals surface area contributed by atoms with E-state index in [0.717, 1.165) is 0 Å². The van der Waals surface area contributed by atoms with E-state index in [-0.39, 0.29) is 5.78 Å². The highest BCUT2D eigenvalue weighted by Gasteiger charge is 2.18.